The first-order valence-electron chi connectivity index (χ1n) is 3.52. The molecule has 1 aromatic rings. The van der Waals surface area contributed by atoms with E-state index < -0.39 is 12.1 Å². The van der Waals surface area contributed by atoms with E-state index in [2.05, 4.69) is 4.98 Å². The molecule has 1 rings (SSSR count). The predicted molar refractivity (Wildman–Crippen MR) is 43.2 cm³/mol. The molecule has 0 aliphatic carbocycles. The number of nitrogen functional groups attached to an aromatic ring is 1. The van der Waals surface area contributed by atoms with E-state index >= 15 is 0 Å². The standard InChI is InChI=1S/C7H9F2N3O/c8-6(9)5-3(2-10)1-4(13)7(11)12-5/h1,6,13H,2,10H2,(H2,11,12). The highest BCUT2D eigenvalue weighted by molar-refractivity contribution is 5.48. The van der Waals surface area contributed by atoms with Gasteiger partial charge in [0.05, 0.1) is 0 Å². The zero-order valence-corrected chi connectivity index (χ0v) is 6.67. The summed E-state index contributed by atoms with van der Waals surface area (Å²) in [7, 11) is 0. The van der Waals surface area contributed by atoms with Crippen molar-refractivity contribution < 1.29 is 13.9 Å². The minimum absolute atomic E-state index is 0.0988. The molecule has 0 fully saturated rings. The maximum absolute atomic E-state index is 12.3. The van der Waals surface area contributed by atoms with E-state index in [0.29, 0.717) is 0 Å². The largest absolute Gasteiger partial charge is 0.504 e. The topological polar surface area (TPSA) is 85.2 Å². The highest BCUT2D eigenvalue weighted by Gasteiger charge is 2.16. The van der Waals surface area contributed by atoms with Crippen LogP contribution in [0.4, 0.5) is 14.6 Å². The van der Waals surface area contributed by atoms with Crippen molar-refractivity contribution in [1.29, 1.82) is 0 Å². The SMILES string of the molecule is NCc1cc(O)c(N)nc1C(F)F. The molecule has 0 saturated heterocycles. The molecule has 0 bridgehead atoms. The molecule has 0 aliphatic heterocycles. The molecule has 0 aliphatic rings. The number of nitrogens with zero attached hydrogens (tertiary/aromatic N) is 1. The van der Waals surface area contributed by atoms with Gasteiger partial charge in [-0.3, -0.25) is 0 Å². The number of aromatic nitrogens is 1. The number of alkyl halides is 2. The lowest BCUT2D eigenvalue weighted by molar-refractivity contribution is 0.145. The van der Waals surface area contributed by atoms with Crippen LogP contribution in [0.5, 0.6) is 5.75 Å². The second-order valence-electron chi connectivity index (χ2n) is 2.44. The van der Waals surface area contributed by atoms with E-state index in [1.54, 1.807) is 0 Å². The Morgan fingerprint density at radius 1 is 1.54 bits per heavy atom. The van der Waals surface area contributed by atoms with Crippen molar-refractivity contribution in [3.8, 4) is 5.75 Å². The van der Waals surface area contributed by atoms with E-state index in [9.17, 15) is 8.78 Å². The third-order valence-electron chi connectivity index (χ3n) is 1.57. The molecule has 4 nitrogen and oxygen atoms in total. The van der Waals surface area contributed by atoms with Crippen LogP contribution in [0.1, 0.15) is 17.7 Å². The highest BCUT2D eigenvalue weighted by Crippen LogP contribution is 2.27. The smallest absolute Gasteiger partial charge is 0.280 e. The van der Waals surface area contributed by atoms with Gasteiger partial charge in [0.2, 0.25) is 0 Å². The van der Waals surface area contributed by atoms with Crippen LogP contribution in [-0.2, 0) is 6.54 Å². The van der Waals surface area contributed by atoms with Gasteiger partial charge in [0.15, 0.2) is 11.6 Å². The summed E-state index contributed by atoms with van der Waals surface area (Å²) < 4.78 is 24.5. The summed E-state index contributed by atoms with van der Waals surface area (Å²) >= 11 is 0. The van der Waals surface area contributed by atoms with Crippen LogP contribution in [0.3, 0.4) is 0 Å². The molecule has 1 heterocycles. The van der Waals surface area contributed by atoms with Gasteiger partial charge in [-0.25, -0.2) is 13.8 Å². The average molecular weight is 189 g/mol. The minimum Gasteiger partial charge on any atom is -0.504 e. The van der Waals surface area contributed by atoms with Crippen molar-refractivity contribution in [1.82, 2.24) is 4.98 Å². The molecule has 0 atom stereocenters. The maximum atomic E-state index is 12.3. The van der Waals surface area contributed by atoms with Crippen LogP contribution < -0.4 is 11.5 Å². The lowest BCUT2D eigenvalue weighted by Gasteiger charge is -2.07. The van der Waals surface area contributed by atoms with Gasteiger partial charge < -0.3 is 16.6 Å². The summed E-state index contributed by atoms with van der Waals surface area (Å²) in [6, 6.07) is 1.10. The summed E-state index contributed by atoms with van der Waals surface area (Å²) in [6.07, 6.45) is -2.73. The number of anilines is 1. The van der Waals surface area contributed by atoms with Crippen molar-refractivity contribution in [3.63, 3.8) is 0 Å². The van der Waals surface area contributed by atoms with E-state index in [1.807, 2.05) is 0 Å². The number of aromatic hydroxyl groups is 1. The Balaban J connectivity index is 3.25. The molecule has 0 unspecified atom stereocenters. The summed E-state index contributed by atoms with van der Waals surface area (Å²) in [6.45, 7) is -0.111. The first kappa shape index (κ1) is 9.66. The van der Waals surface area contributed by atoms with Crippen molar-refractivity contribution in [2.45, 2.75) is 13.0 Å². The van der Waals surface area contributed by atoms with Crippen LogP contribution in [0, 0.1) is 0 Å². The highest BCUT2D eigenvalue weighted by atomic mass is 19.3. The van der Waals surface area contributed by atoms with Gasteiger partial charge in [-0.1, -0.05) is 0 Å². The Kier molecular flexibility index (Phi) is 2.62. The Morgan fingerprint density at radius 3 is 2.62 bits per heavy atom. The Bertz CT molecular complexity index is 317. The number of hydrogen-bond donors (Lipinski definition) is 3. The normalized spacial score (nSPS) is 10.8. The summed E-state index contributed by atoms with van der Waals surface area (Å²) in [5.41, 5.74) is 9.95. The van der Waals surface area contributed by atoms with Crippen molar-refractivity contribution in [3.05, 3.63) is 17.3 Å². The number of nitrogens with two attached hydrogens (primary N) is 2. The zero-order valence-electron chi connectivity index (χ0n) is 6.67. The van der Waals surface area contributed by atoms with E-state index in [0.717, 1.165) is 6.07 Å². The molecule has 0 radical (unpaired) electrons. The van der Waals surface area contributed by atoms with Crippen molar-refractivity contribution in [2.24, 2.45) is 5.73 Å². The predicted octanol–water partition coefficient (Wildman–Crippen LogP) is 0.766. The van der Waals surface area contributed by atoms with Gasteiger partial charge in [-0.05, 0) is 11.6 Å². The third-order valence-corrected chi connectivity index (χ3v) is 1.57. The molecule has 0 spiro atoms. The molecule has 1 aromatic heterocycles. The fourth-order valence-corrected chi connectivity index (χ4v) is 0.924. The fourth-order valence-electron chi connectivity index (χ4n) is 0.924. The molecular weight excluding hydrogens is 180 g/mol. The molecular formula is C7H9F2N3O. The van der Waals surface area contributed by atoms with Gasteiger partial charge in [0.25, 0.3) is 6.43 Å². The molecule has 72 valence electrons. The fraction of sp³-hybridized carbons (Fsp3) is 0.286. The van der Waals surface area contributed by atoms with Gasteiger partial charge in [-0.2, -0.15) is 0 Å². The van der Waals surface area contributed by atoms with Crippen LogP contribution >= 0.6 is 0 Å². The number of hydrogen-bond acceptors (Lipinski definition) is 4. The number of rotatable bonds is 2. The van der Waals surface area contributed by atoms with Crippen molar-refractivity contribution >= 4 is 5.82 Å². The monoisotopic (exact) mass is 189 g/mol. The van der Waals surface area contributed by atoms with E-state index in [-0.39, 0.29) is 23.7 Å². The van der Waals surface area contributed by atoms with Crippen LogP contribution in [0.2, 0.25) is 0 Å². The molecule has 0 aromatic carbocycles. The first-order valence-corrected chi connectivity index (χ1v) is 3.52. The van der Waals surface area contributed by atoms with E-state index in [1.165, 1.54) is 0 Å². The van der Waals surface area contributed by atoms with Gasteiger partial charge in [0, 0.05) is 6.54 Å². The second kappa shape index (κ2) is 3.53. The summed E-state index contributed by atoms with van der Waals surface area (Å²) in [4.78, 5) is 3.34. The minimum atomic E-state index is -2.73. The molecule has 0 saturated carbocycles. The number of halogens is 2. The van der Waals surface area contributed by atoms with Gasteiger partial charge in [0.1, 0.15) is 5.69 Å². The average Bonchev–Trinajstić information content (AvgIpc) is 2.08. The molecule has 0 amide bonds. The van der Waals surface area contributed by atoms with E-state index in [4.69, 9.17) is 16.6 Å². The quantitative estimate of drug-likeness (QED) is 0.641. The lowest BCUT2D eigenvalue weighted by Crippen LogP contribution is -2.06. The first-order chi connectivity index (χ1) is 6.06. The molecule has 6 heteroatoms. The molecule has 5 N–H and O–H groups in total. The van der Waals surface area contributed by atoms with Crippen LogP contribution in [-0.4, -0.2) is 10.1 Å². The second-order valence-corrected chi connectivity index (χ2v) is 2.44. The third kappa shape index (κ3) is 1.83. The van der Waals surface area contributed by atoms with Crippen LogP contribution in [0.15, 0.2) is 6.07 Å². The summed E-state index contributed by atoms with van der Waals surface area (Å²) in [5.74, 6) is -0.641. The molecule has 13 heavy (non-hydrogen) atoms. The van der Waals surface area contributed by atoms with Gasteiger partial charge >= 0.3 is 0 Å². The summed E-state index contributed by atoms with van der Waals surface area (Å²) in [5, 5.41) is 9.05. The number of pyridine rings is 1. The lowest BCUT2D eigenvalue weighted by atomic mass is 10.2. The maximum Gasteiger partial charge on any atom is 0.280 e. The Labute approximate surface area is 73.2 Å². The van der Waals surface area contributed by atoms with Crippen molar-refractivity contribution in [2.75, 3.05) is 5.73 Å². The Morgan fingerprint density at radius 2 is 2.15 bits per heavy atom. The zero-order chi connectivity index (χ0) is 10.0. The van der Waals surface area contributed by atoms with Gasteiger partial charge in [-0.15, -0.1) is 0 Å². The Hall–Kier alpha value is -1.43. The van der Waals surface area contributed by atoms with Crippen LogP contribution in [0.25, 0.3) is 0 Å².